The third kappa shape index (κ3) is 5.53. The van der Waals surface area contributed by atoms with Gasteiger partial charge < -0.3 is 24.4 Å². The van der Waals surface area contributed by atoms with Crippen molar-refractivity contribution in [3.63, 3.8) is 0 Å². The number of benzene rings is 2. The van der Waals surface area contributed by atoms with Crippen LogP contribution in [0.2, 0.25) is 0 Å². The molecular weight excluding hydrogens is 429 g/mol. The van der Waals surface area contributed by atoms with Crippen molar-refractivity contribution in [2.24, 2.45) is 0 Å². The van der Waals surface area contributed by atoms with E-state index in [2.05, 4.69) is 15.5 Å². The molecule has 9 nitrogen and oxygen atoms in total. The Morgan fingerprint density at radius 2 is 1.85 bits per heavy atom. The molecule has 3 amide bonds. The molecule has 1 N–H and O–H groups in total. The molecule has 0 spiro atoms. The van der Waals surface area contributed by atoms with Gasteiger partial charge in [0.05, 0.1) is 18.9 Å². The number of hydrogen-bond acceptors (Lipinski definition) is 6. The zero-order valence-electron chi connectivity index (χ0n) is 18.2. The number of urea groups is 1. The second-order valence-corrected chi connectivity index (χ2v) is 7.58. The number of anilines is 1. The van der Waals surface area contributed by atoms with Crippen molar-refractivity contribution < 1.29 is 23.2 Å². The second-order valence-electron chi connectivity index (χ2n) is 7.58. The highest BCUT2D eigenvalue weighted by molar-refractivity contribution is 5.94. The van der Waals surface area contributed by atoms with Gasteiger partial charge in [0.2, 0.25) is 0 Å². The Balaban J connectivity index is 1.31. The Labute approximate surface area is 190 Å². The van der Waals surface area contributed by atoms with Crippen LogP contribution in [-0.4, -0.2) is 71.8 Å². The maximum absolute atomic E-state index is 13.7. The number of halogens is 1. The van der Waals surface area contributed by atoms with Crippen molar-refractivity contribution in [3.8, 4) is 11.5 Å². The standard InChI is InChI=1S/C23H24FN5O4/c1-28(23(31)25-19-5-3-2-4-18(19)24)11-10-20-26-21(33-27-20)16-6-8-17(9-7-16)22(30)29-12-14-32-15-13-29/h2-9H,10-15H2,1H3,(H,25,31). The van der Waals surface area contributed by atoms with Crippen LogP contribution >= 0.6 is 0 Å². The summed E-state index contributed by atoms with van der Waals surface area (Å²) < 4.78 is 24.3. The molecule has 4 rings (SSSR count). The van der Waals surface area contributed by atoms with Crippen LogP contribution in [0, 0.1) is 5.82 Å². The Morgan fingerprint density at radius 1 is 1.12 bits per heavy atom. The van der Waals surface area contributed by atoms with Gasteiger partial charge in [0.15, 0.2) is 5.82 Å². The summed E-state index contributed by atoms with van der Waals surface area (Å²) >= 11 is 0. The monoisotopic (exact) mass is 453 g/mol. The van der Waals surface area contributed by atoms with Crippen LogP contribution in [0.15, 0.2) is 53.1 Å². The average molecular weight is 453 g/mol. The highest BCUT2D eigenvalue weighted by Gasteiger charge is 2.19. The summed E-state index contributed by atoms with van der Waals surface area (Å²) in [5.74, 6) is 0.227. The summed E-state index contributed by atoms with van der Waals surface area (Å²) in [4.78, 5) is 32.4. The number of para-hydroxylation sites is 1. The van der Waals surface area contributed by atoms with E-state index in [4.69, 9.17) is 9.26 Å². The molecule has 0 saturated carbocycles. The molecule has 2 aromatic carbocycles. The smallest absolute Gasteiger partial charge is 0.321 e. The normalized spacial score (nSPS) is 13.6. The molecule has 1 saturated heterocycles. The summed E-state index contributed by atoms with van der Waals surface area (Å²) in [6, 6.07) is 12.5. The average Bonchev–Trinajstić information content (AvgIpc) is 3.33. The SMILES string of the molecule is CN(CCc1noc(-c2ccc(C(=O)N3CCOCC3)cc2)n1)C(=O)Nc1ccccc1F. The minimum Gasteiger partial charge on any atom is -0.378 e. The summed E-state index contributed by atoms with van der Waals surface area (Å²) in [6.45, 7) is 2.58. The fourth-order valence-electron chi connectivity index (χ4n) is 3.32. The van der Waals surface area contributed by atoms with Crippen molar-refractivity contribution in [1.29, 1.82) is 0 Å². The Morgan fingerprint density at radius 3 is 2.58 bits per heavy atom. The lowest BCUT2D eigenvalue weighted by Crippen LogP contribution is -2.40. The van der Waals surface area contributed by atoms with E-state index in [-0.39, 0.29) is 11.6 Å². The molecule has 0 radical (unpaired) electrons. The fourth-order valence-corrected chi connectivity index (χ4v) is 3.32. The predicted molar refractivity (Wildman–Crippen MR) is 118 cm³/mol. The van der Waals surface area contributed by atoms with Crippen molar-refractivity contribution in [2.75, 3.05) is 45.2 Å². The fraction of sp³-hybridized carbons (Fsp3) is 0.304. The van der Waals surface area contributed by atoms with Gasteiger partial charge in [-0.05, 0) is 36.4 Å². The van der Waals surface area contributed by atoms with E-state index in [0.717, 1.165) is 0 Å². The number of amides is 3. The van der Waals surface area contributed by atoms with Crippen molar-refractivity contribution in [1.82, 2.24) is 19.9 Å². The molecule has 3 aromatic rings. The van der Waals surface area contributed by atoms with Gasteiger partial charge in [0.25, 0.3) is 11.8 Å². The number of ether oxygens (including phenoxy) is 1. The summed E-state index contributed by atoms with van der Waals surface area (Å²) in [5.41, 5.74) is 1.40. The minimum absolute atomic E-state index is 0.0345. The van der Waals surface area contributed by atoms with Crippen LogP contribution in [0.3, 0.4) is 0 Å². The number of carbonyl (C=O) groups excluding carboxylic acids is 2. The first-order chi connectivity index (χ1) is 16.0. The number of likely N-dealkylation sites (N-methyl/N-ethyl adjacent to an activating group) is 1. The van der Waals surface area contributed by atoms with E-state index in [1.807, 2.05) is 0 Å². The first kappa shape index (κ1) is 22.4. The Bertz CT molecular complexity index is 1110. The van der Waals surface area contributed by atoms with E-state index in [1.165, 1.54) is 17.0 Å². The van der Waals surface area contributed by atoms with Gasteiger partial charge in [0, 0.05) is 44.2 Å². The lowest BCUT2D eigenvalue weighted by Gasteiger charge is -2.26. The number of rotatable bonds is 6. The number of nitrogens with one attached hydrogen (secondary N) is 1. The Hall–Kier alpha value is -3.79. The van der Waals surface area contributed by atoms with Gasteiger partial charge in [0.1, 0.15) is 5.82 Å². The molecule has 0 atom stereocenters. The van der Waals surface area contributed by atoms with Crippen LogP contribution in [-0.2, 0) is 11.2 Å². The molecule has 0 aliphatic carbocycles. The van der Waals surface area contributed by atoms with Gasteiger partial charge in [-0.25, -0.2) is 9.18 Å². The van der Waals surface area contributed by atoms with Gasteiger partial charge >= 0.3 is 6.03 Å². The molecular formula is C23H24FN5O4. The van der Waals surface area contributed by atoms with E-state index in [0.29, 0.717) is 62.1 Å². The lowest BCUT2D eigenvalue weighted by atomic mass is 10.1. The second kappa shape index (κ2) is 10.2. The first-order valence-electron chi connectivity index (χ1n) is 10.6. The van der Waals surface area contributed by atoms with Crippen LogP contribution in [0.4, 0.5) is 14.9 Å². The highest BCUT2D eigenvalue weighted by atomic mass is 19.1. The van der Waals surface area contributed by atoms with Crippen LogP contribution in [0.25, 0.3) is 11.5 Å². The van der Waals surface area contributed by atoms with E-state index in [1.54, 1.807) is 48.3 Å². The van der Waals surface area contributed by atoms with Crippen LogP contribution in [0.1, 0.15) is 16.2 Å². The number of aromatic nitrogens is 2. The van der Waals surface area contributed by atoms with E-state index < -0.39 is 11.8 Å². The predicted octanol–water partition coefficient (Wildman–Crippen LogP) is 3.05. The van der Waals surface area contributed by atoms with Gasteiger partial charge in [-0.15, -0.1) is 0 Å². The third-order valence-electron chi connectivity index (χ3n) is 5.28. The topological polar surface area (TPSA) is 101 Å². The maximum atomic E-state index is 13.7. The third-order valence-corrected chi connectivity index (χ3v) is 5.28. The minimum atomic E-state index is -0.500. The Kier molecular flexibility index (Phi) is 6.94. The number of nitrogens with zero attached hydrogens (tertiary/aromatic N) is 4. The molecule has 10 heteroatoms. The number of carbonyl (C=O) groups is 2. The molecule has 33 heavy (non-hydrogen) atoms. The summed E-state index contributed by atoms with van der Waals surface area (Å²) in [6.07, 6.45) is 0.359. The van der Waals surface area contributed by atoms with Gasteiger partial charge in [-0.2, -0.15) is 4.98 Å². The number of hydrogen-bond donors (Lipinski definition) is 1. The maximum Gasteiger partial charge on any atom is 0.321 e. The zero-order chi connectivity index (χ0) is 23.2. The van der Waals surface area contributed by atoms with Crippen molar-refractivity contribution >= 4 is 17.6 Å². The molecule has 1 aliphatic heterocycles. The van der Waals surface area contributed by atoms with Crippen LogP contribution < -0.4 is 5.32 Å². The quantitative estimate of drug-likeness (QED) is 0.616. The lowest BCUT2D eigenvalue weighted by molar-refractivity contribution is 0.0303. The van der Waals surface area contributed by atoms with Crippen LogP contribution in [0.5, 0.6) is 0 Å². The molecule has 1 aliphatic rings. The summed E-state index contributed by atoms with van der Waals surface area (Å²) in [7, 11) is 1.60. The molecule has 0 bridgehead atoms. The largest absolute Gasteiger partial charge is 0.378 e. The van der Waals surface area contributed by atoms with Gasteiger partial charge in [-0.3, -0.25) is 4.79 Å². The highest BCUT2D eigenvalue weighted by Crippen LogP contribution is 2.19. The molecule has 0 unspecified atom stereocenters. The first-order valence-corrected chi connectivity index (χ1v) is 10.6. The van der Waals surface area contributed by atoms with Crippen molar-refractivity contribution in [3.05, 3.63) is 65.7 Å². The molecule has 172 valence electrons. The van der Waals surface area contributed by atoms with E-state index >= 15 is 0 Å². The summed E-state index contributed by atoms with van der Waals surface area (Å²) in [5, 5.41) is 6.48. The number of morpholine rings is 1. The molecule has 1 aromatic heterocycles. The van der Waals surface area contributed by atoms with Crippen molar-refractivity contribution in [2.45, 2.75) is 6.42 Å². The van der Waals surface area contributed by atoms with E-state index in [9.17, 15) is 14.0 Å². The zero-order valence-corrected chi connectivity index (χ0v) is 18.2. The van der Waals surface area contributed by atoms with Gasteiger partial charge in [-0.1, -0.05) is 17.3 Å². The molecule has 1 fully saturated rings. The molecule has 2 heterocycles.